The molecule has 0 saturated heterocycles. The third-order valence-corrected chi connectivity index (χ3v) is 7.69. The highest BCUT2D eigenvalue weighted by atomic mass is 15.2. The van der Waals surface area contributed by atoms with Crippen molar-refractivity contribution in [2.24, 2.45) is 0 Å². The smallest absolute Gasteiger partial charge is 0.210 e. The summed E-state index contributed by atoms with van der Waals surface area (Å²) in [5.41, 5.74) is 9.39. The van der Waals surface area contributed by atoms with E-state index in [-0.39, 0.29) is 5.41 Å². The van der Waals surface area contributed by atoms with Gasteiger partial charge in [-0.25, -0.2) is 4.85 Å². The molecule has 2 aromatic heterocycles. The molecule has 0 spiro atoms. The fourth-order valence-corrected chi connectivity index (χ4v) is 5.95. The third kappa shape index (κ3) is 2.98. The molecule has 4 nitrogen and oxygen atoms in total. The Morgan fingerprint density at radius 3 is 2.08 bits per heavy atom. The zero-order chi connectivity index (χ0) is 25.1. The van der Waals surface area contributed by atoms with Crippen LogP contribution in [0.25, 0.3) is 32.3 Å². The number of aromatic nitrogens is 2. The maximum absolute atomic E-state index is 7.99. The molecular weight excluding hydrogens is 452 g/mol. The number of pyridine rings is 1. The van der Waals surface area contributed by atoms with Gasteiger partial charge >= 0.3 is 0 Å². The molecule has 4 aromatic carbocycles. The number of hydrogen-bond donors (Lipinski definition) is 0. The molecular formula is C33H24N4. The Morgan fingerprint density at radius 1 is 0.703 bits per heavy atom. The number of anilines is 3. The Bertz CT molecular complexity index is 1780. The lowest BCUT2D eigenvalue weighted by molar-refractivity contribution is 0.632. The molecule has 6 aromatic rings. The summed E-state index contributed by atoms with van der Waals surface area (Å²) >= 11 is 0. The minimum atomic E-state index is -0.122. The molecule has 4 heteroatoms. The quantitative estimate of drug-likeness (QED) is 0.233. The molecule has 0 saturated carbocycles. The van der Waals surface area contributed by atoms with E-state index in [0.29, 0.717) is 5.69 Å². The maximum Gasteiger partial charge on any atom is 0.210 e. The van der Waals surface area contributed by atoms with Gasteiger partial charge in [-0.2, -0.15) is 0 Å². The lowest BCUT2D eigenvalue weighted by Gasteiger charge is -2.42. The van der Waals surface area contributed by atoms with Crippen LogP contribution >= 0.6 is 0 Å². The molecule has 0 bridgehead atoms. The number of para-hydroxylation sites is 3. The second-order valence-corrected chi connectivity index (χ2v) is 10.0. The fourth-order valence-electron chi connectivity index (χ4n) is 5.95. The molecule has 0 fully saturated rings. The highest BCUT2D eigenvalue weighted by molar-refractivity contribution is 6.09. The number of benzene rings is 4. The lowest BCUT2D eigenvalue weighted by atomic mass is 9.73. The fraction of sp³-hybridized carbons (Fsp3) is 0.0909. The summed E-state index contributed by atoms with van der Waals surface area (Å²) in [4.78, 5) is 10.7. The topological polar surface area (TPSA) is 25.4 Å². The minimum Gasteiger partial charge on any atom is -0.319 e. The van der Waals surface area contributed by atoms with Gasteiger partial charge in [0.25, 0.3) is 0 Å². The van der Waals surface area contributed by atoms with Crippen molar-refractivity contribution in [1.82, 2.24) is 9.55 Å². The van der Waals surface area contributed by atoms with Crippen LogP contribution in [0, 0.1) is 6.57 Å². The molecule has 37 heavy (non-hydrogen) atoms. The van der Waals surface area contributed by atoms with E-state index < -0.39 is 0 Å². The molecule has 1 aliphatic heterocycles. The SMILES string of the molecule is [C-]#[N+]c1ccc(N2c3ccccc3C(C)(C)c3ccccc32)cc1-n1c2ccccc2c2cnccc21. The number of hydrogen-bond acceptors (Lipinski definition) is 2. The van der Waals surface area contributed by atoms with Gasteiger partial charge < -0.3 is 9.47 Å². The molecule has 1 aliphatic rings. The zero-order valence-corrected chi connectivity index (χ0v) is 20.7. The molecule has 0 N–H and O–H groups in total. The van der Waals surface area contributed by atoms with E-state index in [4.69, 9.17) is 6.57 Å². The van der Waals surface area contributed by atoms with Crippen LogP contribution in [0.3, 0.4) is 0 Å². The zero-order valence-electron chi connectivity index (χ0n) is 20.7. The Labute approximate surface area is 215 Å². The van der Waals surface area contributed by atoms with Gasteiger partial charge in [-0.1, -0.05) is 74.5 Å². The van der Waals surface area contributed by atoms with Gasteiger partial charge in [-0.3, -0.25) is 4.98 Å². The molecule has 7 rings (SSSR count). The maximum atomic E-state index is 7.99. The average Bonchev–Trinajstić information content (AvgIpc) is 3.27. The van der Waals surface area contributed by atoms with E-state index in [1.54, 1.807) is 0 Å². The van der Waals surface area contributed by atoms with Crippen molar-refractivity contribution < 1.29 is 0 Å². The van der Waals surface area contributed by atoms with Crippen molar-refractivity contribution in [2.45, 2.75) is 19.3 Å². The Balaban J connectivity index is 1.54. The van der Waals surface area contributed by atoms with E-state index in [1.807, 2.05) is 30.6 Å². The van der Waals surface area contributed by atoms with Crippen LogP contribution < -0.4 is 4.90 Å². The summed E-state index contributed by atoms with van der Waals surface area (Å²) in [6, 6.07) is 33.8. The summed E-state index contributed by atoms with van der Waals surface area (Å²) < 4.78 is 2.20. The minimum absolute atomic E-state index is 0.122. The van der Waals surface area contributed by atoms with Crippen molar-refractivity contribution in [3.63, 3.8) is 0 Å². The van der Waals surface area contributed by atoms with Crippen LogP contribution in [0.2, 0.25) is 0 Å². The van der Waals surface area contributed by atoms with Crippen LogP contribution in [0.5, 0.6) is 0 Å². The Hall–Kier alpha value is -4.88. The van der Waals surface area contributed by atoms with Crippen molar-refractivity contribution in [1.29, 1.82) is 0 Å². The van der Waals surface area contributed by atoms with Gasteiger partial charge in [0, 0.05) is 34.3 Å². The van der Waals surface area contributed by atoms with E-state index >= 15 is 0 Å². The number of fused-ring (bicyclic) bond motifs is 5. The van der Waals surface area contributed by atoms with Gasteiger partial charge in [0.1, 0.15) is 0 Å². The first-order chi connectivity index (χ1) is 18.1. The molecule has 3 heterocycles. The van der Waals surface area contributed by atoms with Gasteiger partial charge in [0.2, 0.25) is 5.69 Å². The summed E-state index contributed by atoms with van der Waals surface area (Å²) in [6.45, 7) is 12.6. The van der Waals surface area contributed by atoms with E-state index in [1.165, 1.54) is 22.5 Å². The van der Waals surface area contributed by atoms with Crippen LogP contribution in [0.4, 0.5) is 22.7 Å². The Kier molecular flexibility index (Phi) is 4.52. The predicted molar refractivity (Wildman–Crippen MR) is 152 cm³/mol. The van der Waals surface area contributed by atoms with Crippen LogP contribution in [0.1, 0.15) is 25.0 Å². The van der Waals surface area contributed by atoms with E-state index in [9.17, 15) is 0 Å². The van der Waals surface area contributed by atoms with Crippen molar-refractivity contribution in [2.75, 3.05) is 4.90 Å². The predicted octanol–water partition coefficient (Wildman–Crippen LogP) is 8.84. The third-order valence-electron chi connectivity index (χ3n) is 7.69. The molecule has 0 amide bonds. The second-order valence-electron chi connectivity index (χ2n) is 10.0. The summed E-state index contributed by atoms with van der Waals surface area (Å²) in [5, 5.41) is 2.21. The monoisotopic (exact) mass is 476 g/mol. The first-order valence-corrected chi connectivity index (χ1v) is 12.4. The molecule has 0 aliphatic carbocycles. The number of rotatable bonds is 2. The van der Waals surface area contributed by atoms with Crippen LogP contribution in [0.15, 0.2) is 109 Å². The van der Waals surface area contributed by atoms with Gasteiger partial charge in [0.05, 0.1) is 34.7 Å². The second kappa shape index (κ2) is 7.81. The Morgan fingerprint density at radius 2 is 1.35 bits per heavy atom. The van der Waals surface area contributed by atoms with Crippen molar-refractivity contribution in [3.05, 3.63) is 132 Å². The van der Waals surface area contributed by atoms with E-state index in [2.05, 4.69) is 112 Å². The summed E-state index contributed by atoms with van der Waals surface area (Å²) in [5.74, 6) is 0. The standard InChI is InChI=1S/C33H24N4/c1-33(2)25-11-5-8-14-30(25)36(31-15-9-6-12-26(31)33)22-16-17-27(34-3)32(20-22)37-28-13-7-4-10-23(28)24-21-35-19-18-29(24)37/h4-21H,1-2H3. The largest absolute Gasteiger partial charge is 0.319 e. The summed E-state index contributed by atoms with van der Waals surface area (Å²) in [6.07, 6.45) is 3.73. The van der Waals surface area contributed by atoms with E-state index in [0.717, 1.165) is 33.2 Å². The highest BCUT2D eigenvalue weighted by Gasteiger charge is 2.36. The van der Waals surface area contributed by atoms with Gasteiger partial charge in [-0.15, -0.1) is 0 Å². The highest BCUT2D eigenvalue weighted by Crippen LogP contribution is 2.52. The average molecular weight is 477 g/mol. The lowest BCUT2D eigenvalue weighted by Crippen LogP contribution is -2.30. The van der Waals surface area contributed by atoms with Crippen LogP contribution in [-0.2, 0) is 5.41 Å². The first-order valence-electron chi connectivity index (χ1n) is 12.4. The summed E-state index contributed by atoms with van der Waals surface area (Å²) in [7, 11) is 0. The number of nitrogens with zero attached hydrogens (tertiary/aromatic N) is 4. The van der Waals surface area contributed by atoms with Crippen LogP contribution in [-0.4, -0.2) is 9.55 Å². The molecule has 176 valence electrons. The first kappa shape index (κ1) is 21.4. The molecule has 0 atom stereocenters. The molecule has 0 unspecified atom stereocenters. The van der Waals surface area contributed by atoms with Crippen molar-refractivity contribution in [3.8, 4) is 5.69 Å². The van der Waals surface area contributed by atoms with Gasteiger partial charge in [0.15, 0.2) is 0 Å². The van der Waals surface area contributed by atoms with Crippen molar-refractivity contribution >= 4 is 44.6 Å². The van der Waals surface area contributed by atoms with Gasteiger partial charge in [-0.05, 0) is 47.5 Å². The molecule has 0 radical (unpaired) electrons. The normalized spacial score (nSPS) is 13.8.